The van der Waals surface area contributed by atoms with E-state index in [-0.39, 0.29) is 0 Å². The fraction of sp³-hybridized carbons (Fsp3) is 0.647. The molecule has 0 saturated heterocycles. The Bertz CT molecular complexity index is 381. The molecule has 0 bridgehead atoms. The molecule has 2 nitrogen and oxygen atoms in total. The number of rotatable bonds is 5. The molecule has 2 heteroatoms. The quantitative estimate of drug-likeness (QED) is 0.871. The summed E-state index contributed by atoms with van der Waals surface area (Å²) < 4.78 is 5.19. The SMILES string of the molecule is COCc1cccc(CNC2CC(C)CC(C)C2)c1. The topological polar surface area (TPSA) is 21.3 Å². The van der Waals surface area contributed by atoms with Crippen molar-refractivity contribution >= 4 is 0 Å². The third-order valence-corrected chi connectivity index (χ3v) is 4.08. The average Bonchev–Trinajstić information content (AvgIpc) is 2.36. The Morgan fingerprint density at radius 1 is 1.11 bits per heavy atom. The maximum absolute atomic E-state index is 5.19. The van der Waals surface area contributed by atoms with Crippen LogP contribution in [0.15, 0.2) is 24.3 Å². The van der Waals surface area contributed by atoms with Gasteiger partial charge in [-0.1, -0.05) is 38.1 Å². The van der Waals surface area contributed by atoms with E-state index in [1.807, 2.05) is 0 Å². The normalized spacial score (nSPS) is 27.4. The molecule has 0 spiro atoms. The molecule has 1 aromatic carbocycles. The van der Waals surface area contributed by atoms with Gasteiger partial charge in [0.1, 0.15) is 0 Å². The largest absolute Gasteiger partial charge is 0.380 e. The summed E-state index contributed by atoms with van der Waals surface area (Å²) in [6.07, 6.45) is 4.03. The van der Waals surface area contributed by atoms with Crippen molar-refractivity contribution in [3.05, 3.63) is 35.4 Å². The highest BCUT2D eigenvalue weighted by molar-refractivity contribution is 5.22. The number of hydrogen-bond acceptors (Lipinski definition) is 2. The van der Waals surface area contributed by atoms with Gasteiger partial charge in [0, 0.05) is 19.7 Å². The molecule has 1 fully saturated rings. The zero-order valence-electron chi connectivity index (χ0n) is 12.5. The minimum atomic E-state index is 0.685. The van der Waals surface area contributed by atoms with Gasteiger partial charge in [0.2, 0.25) is 0 Å². The summed E-state index contributed by atoms with van der Waals surface area (Å²) in [6.45, 7) is 6.43. The van der Waals surface area contributed by atoms with Crippen LogP contribution >= 0.6 is 0 Å². The molecule has 0 radical (unpaired) electrons. The van der Waals surface area contributed by atoms with Crippen LogP contribution in [0, 0.1) is 11.8 Å². The van der Waals surface area contributed by atoms with Gasteiger partial charge < -0.3 is 10.1 Å². The van der Waals surface area contributed by atoms with Gasteiger partial charge in [-0.15, -0.1) is 0 Å². The molecule has 0 amide bonds. The van der Waals surface area contributed by atoms with Gasteiger partial charge in [-0.05, 0) is 42.2 Å². The van der Waals surface area contributed by atoms with E-state index in [0.717, 1.165) is 18.4 Å². The fourth-order valence-electron chi connectivity index (χ4n) is 3.37. The van der Waals surface area contributed by atoms with Crippen LogP contribution in [0.4, 0.5) is 0 Å². The lowest BCUT2D eigenvalue weighted by Gasteiger charge is -2.32. The van der Waals surface area contributed by atoms with Crippen LogP contribution in [0.2, 0.25) is 0 Å². The molecule has 19 heavy (non-hydrogen) atoms. The zero-order valence-corrected chi connectivity index (χ0v) is 12.5. The predicted octanol–water partition coefficient (Wildman–Crippen LogP) is 3.75. The Kier molecular flexibility index (Phi) is 5.41. The summed E-state index contributed by atoms with van der Waals surface area (Å²) in [4.78, 5) is 0. The van der Waals surface area contributed by atoms with Crippen LogP contribution in [0.5, 0.6) is 0 Å². The molecule has 1 aliphatic rings. The highest BCUT2D eigenvalue weighted by Gasteiger charge is 2.23. The van der Waals surface area contributed by atoms with Gasteiger partial charge in [-0.25, -0.2) is 0 Å². The second-order valence-corrected chi connectivity index (χ2v) is 6.25. The molecule has 0 heterocycles. The Morgan fingerprint density at radius 2 is 1.79 bits per heavy atom. The van der Waals surface area contributed by atoms with E-state index >= 15 is 0 Å². The van der Waals surface area contributed by atoms with Crippen molar-refractivity contribution in [2.24, 2.45) is 11.8 Å². The van der Waals surface area contributed by atoms with E-state index in [1.165, 1.54) is 30.4 Å². The van der Waals surface area contributed by atoms with Crippen LogP contribution in [0.1, 0.15) is 44.2 Å². The van der Waals surface area contributed by atoms with Crippen LogP contribution in [-0.4, -0.2) is 13.2 Å². The van der Waals surface area contributed by atoms with Gasteiger partial charge in [-0.3, -0.25) is 0 Å². The van der Waals surface area contributed by atoms with Crippen LogP contribution < -0.4 is 5.32 Å². The van der Waals surface area contributed by atoms with Crippen molar-refractivity contribution in [2.75, 3.05) is 7.11 Å². The Hall–Kier alpha value is -0.860. The Labute approximate surface area is 117 Å². The number of hydrogen-bond donors (Lipinski definition) is 1. The lowest BCUT2D eigenvalue weighted by molar-refractivity contribution is 0.185. The maximum Gasteiger partial charge on any atom is 0.0713 e. The number of nitrogens with one attached hydrogen (secondary N) is 1. The van der Waals surface area contributed by atoms with Crippen molar-refractivity contribution in [1.82, 2.24) is 5.32 Å². The molecule has 2 atom stereocenters. The first-order chi connectivity index (χ1) is 9.17. The molecule has 1 aromatic rings. The van der Waals surface area contributed by atoms with Gasteiger partial charge in [-0.2, -0.15) is 0 Å². The third kappa shape index (κ3) is 4.63. The monoisotopic (exact) mass is 261 g/mol. The molecular formula is C17H27NO. The van der Waals surface area contributed by atoms with E-state index in [9.17, 15) is 0 Å². The van der Waals surface area contributed by atoms with E-state index in [4.69, 9.17) is 4.74 Å². The van der Waals surface area contributed by atoms with E-state index in [1.54, 1.807) is 7.11 Å². The van der Waals surface area contributed by atoms with Crippen LogP contribution in [-0.2, 0) is 17.9 Å². The smallest absolute Gasteiger partial charge is 0.0713 e. The van der Waals surface area contributed by atoms with Crippen molar-refractivity contribution in [3.8, 4) is 0 Å². The lowest BCUT2D eigenvalue weighted by atomic mass is 9.80. The number of ether oxygens (including phenoxy) is 1. The Morgan fingerprint density at radius 3 is 2.47 bits per heavy atom. The number of methoxy groups -OCH3 is 1. The zero-order chi connectivity index (χ0) is 13.7. The number of benzene rings is 1. The van der Waals surface area contributed by atoms with E-state index in [2.05, 4.69) is 43.4 Å². The molecular weight excluding hydrogens is 234 g/mol. The minimum absolute atomic E-state index is 0.685. The maximum atomic E-state index is 5.19. The first-order valence-electron chi connectivity index (χ1n) is 7.47. The molecule has 1 saturated carbocycles. The third-order valence-electron chi connectivity index (χ3n) is 4.08. The highest BCUT2D eigenvalue weighted by atomic mass is 16.5. The summed E-state index contributed by atoms with van der Waals surface area (Å²) in [6, 6.07) is 9.37. The lowest BCUT2D eigenvalue weighted by Crippen LogP contribution is -2.35. The minimum Gasteiger partial charge on any atom is -0.380 e. The van der Waals surface area contributed by atoms with E-state index in [0.29, 0.717) is 12.6 Å². The summed E-state index contributed by atoms with van der Waals surface area (Å²) >= 11 is 0. The highest BCUT2D eigenvalue weighted by Crippen LogP contribution is 2.28. The standard InChI is InChI=1S/C17H27NO/c1-13-7-14(2)9-17(8-13)18-11-15-5-4-6-16(10-15)12-19-3/h4-6,10,13-14,17-18H,7-9,11-12H2,1-3H3. The van der Waals surface area contributed by atoms with Crippen LogP contribution in [0.3, 0.4) is 0 Å². The summed E-state index contributed by atoms with van der Waals surface area (Å²) in [7, 11) is 1.75. The average molecular weight is 261 g/mol. The fourth-order valence-corrected chi connectivity index (χ4v) is 3.37. The summed E-state index contributed by atoms with van der Waals surface area (Å²) in [5.41, 5.74) is 2.62. The first kappa shape index (κ1) is 14.5. The summed E-state index contributed by atoms with van der Waals surface area (Å²) in [5, 5.41) is 3.73. The molecule has 106 valence electrons. The second-order valence-electron chi connectivity index (χ2n) is 6.25. The van der Waals surface area contributed by atoms with Gasteiger partial charge in [0.25, 0.3) is 0 Å². The molecule has 2 rings (SSSR count). The van der Waals surface area contributed by atoms with Crippen molar-refractivity contribution in [3.63, 3.8) is 0 Å². The second kappa shape index (κ2) is 7.06. The van der Waals surface area contributed by atoms with Gasteiger partial charge >= 0.3 is 0 Å². The molecule has 2 unspecified atom stereocenters. The van der Waals surface area contributed by atoms with Crippen molar-refractivity contribution < 1.29 is 4.74 Å². The Balaban J connectivity index is 1.86. The molecule has 0 aliphatic heterocycles. The van der Waals surface area contributed by atoms with Gasteiger partial charge in [0.15, 0.2) is 0 Å². The van der Waals surface area contributed by atoms with Crippen molar-refractivity contribution in [1.29, 1.82) is 0 Å². The molecule has 1 aliphatic carbocycles. The first-order valence-corrected chi connectivity index (χ1v) is 7.47. The molecule has 1 N–H and O–H groups in total. The molecule has 0 aromatic heterocycles. The van der Waals surface area contributed by atoms with E-state index < -0.39 is 0 Å². The van der Waals surface area contributed by atoms with Crippen molar-refractivity contribution in [2.45, 2.75) is 52.3 Å². The predicted molar refractivity (Wildman–Crippen MR) is 80.0 cm³/mol. The van der Waals surface area contributed by atoms with Crippen LogP contribution in [0.25, 0.3) is 0 Å². The van der Waals surface area contributed by atoms with Gasteiger partial charge in [0.05, 0.1) is 6.61 Å². The summed E-state index contributed by atoms with van der Waals surface area (Å²) in [5.74, 6) is 1.72.